The molecule has 1 aromatic carbocycles. The van der Waals surface area contributed by atoms with Crippen LogP contribution in [0.4, 0.5) is 0 Å². The summed E-state index contributed by atoms with van der Waals surface area (Å²) in [5, 5.41) is 17.1. The zero-order valence-electron chi connectivity index (χ0n) is 10.3. The number of nitrogens with zero attached hydrogens (tertiary/aromatic N) is 2. The fourth-order valence-electron chi connectivity index (χ4n) is 2.25. The molecule has 0 saturated heterocycles. The van der Waals surface area contributed by atoms with E-state index in [2.05, 4.69) is 9.97 Å². The number of aromatic amines is 1. The van der Waals surface area contributed by atoms with Crippen molar-refractivity contribution in [1.82, 2.24) is 9.97 Å². The molecule has 2 N–H and O–H groups in total. The molecule has 1 aromatic heterocycles. The Morgan fingerprint density at radius 1 is 1.35 bits per heavy atom. The zero-order valence-corrected chi connectivity index (χ0v) is 10.3. The molecule has 6 heteroatoms. The average molecular weight is 265 g/mol. The summed E-state index contributed by atoms with van der Waals surface area (Å²) in [6, 6.07) is 9.07. The lowest BCUT2D eigenvalue weighted by molar-refractivity contribution is 0.490. The van der Waals surface area contributed by atoms with E-state index in [1.54, 1.807) is 12.1 Å². The van der Waals surface area contributed by atoms with Crippen molar-refractivity contribution in [1.29, 1.82) is 5.41 Å². The van der Waals surface area contributed by atoms with E-state index in [-0.39, 0.29) is 28.5 Å². The molecule has 0 radical (unpaired) electrons. The minimum atomic E-state index is -0.630. The number of hydrogen-bond donors (Lipinski definition) is 2. The van der Waals surface area contributed by atoms with Crippen molar-refractivity contribution >= 4 is 11.8 Å². The van der Waals surface area contributed by atoms with Crippen LogP contribution in [0.3, 0.4) is 0 Å². The maximum atomic E-state index is 12.0. The third-order valence-electron chi connectivity index (χ3n) is 3.13. The normalized spacial score (nSPS) is 17.1. The van der Waals surface area contributed by atoms with Gasteiger partial charge in [-0.3, -0.25) is 16.1 Å². The van der Waals surface area contributed by atoms with E-state index in [4.69, 9.17) is 10.1 Å². The Morgan fingerprint density at radius 3 is 2.80 bits per heavy atom. The van der Waals surface area contributed by atoms with Crippen LogP contribution in [-0.4, -0.2) is 21.7 Å². The van der Waals surface area contributed by atoms with Gasteiger partial charge in [0.05, 0.1) is 17.8 Å². The molecule has 0 amide bonds. The molecule has 2 aromatic rings. The molecule has 1 unspecified atom stereocenters. The largest absolute Gasteiger partial charge is 0.763 e. The van der Waals surface area contributed by atoms with E-state index >= 15 is 0 Å². The van der Waals surface area contributed by atoms with Crippen LogP contribution >= 0.6 is 0 Å². The molecule has 1 aliphatic rings. The summed E-state index contributed by atoms with van der Waals surface area (Å²) in [6.07, 6.45) is 1.22. The summed E-state index contributed by atoms with van der Waals surface area (Å²) in [4.78, 5) is 18.5. The second kappa shape index (κ2) is 4.60. The molecule has 6 nitrogen and oxygen atoms in total. The highest BCUT2D eigenvalue weighted by atomic mass is 16.5. The SMILES string of the molecule is [N-]=C=C1C(=N)Oc2nc[nH]c(=O)c2C1c1ccccc1. The minimum Gasteiger partial charge on any atom is -0.763 e. The van der Waals surface area contributed by atoms with Crippen LogP contribution in [0.25, 0.3) is 5.41 Å². The summed E-state index contributed by atoms with van der Waals surface area (Å²) in [7, 11) is 0. The molecule has 98 valence electrons. The second-order valence-corrected chi connectivity index (χ2v) is 4.25. The summed E-state index contributed by atoms with van der Waals surface area (Å²) in [5.41, 5.74) is 0.731. The standard InChI is InChI=1S/C14H9N4O2/c15-6-9-10(8-4-2-1-3-5-8)11-13(19)17-7-18-14(11)20-12(9)16/h1-5,7,10,16H,(H,17,18,19)/q-1. The Bertz CT molecular complexity index is 788. The van der Waals surface area contributed by atoms with Gasteiger partial charge in [0, 0.05) is 5.57 Å². The smallest absolute Gasteiger partial charge is 0.258 e. The van der Waals surface area contributed by atoms with Crippen LogP contribution in [0.2, 0.25) is 0 Å². The summed E-state index contributed by atoms with van der Waals surface area (Å²) in [5.74, 6) is 1.13. The lowest BCUT2D eigenvalue weighted by Crippen LogP contribution is -2.31. The van der Waals surface area contributed by atoms with Crippen molar-refractivity contribution in [2.75, 3.05) is 0 Å². The molecule has 0 fully saturated rings. The monoisotopic (exact) mass is 265 g/mol. The highest BCUT2D eigenvalue weighted by molar-refractivity contribution is 6.05. The van der Waals surface area contributed by atoms with Crippen molar-refractivity contribution in [2.24, 2.45) is 0 Å². The Morgan fingerprint density at radius 2 is 2.10 bits per heavy atom. The van der Waals surface area contributed by atoms with Gasteiger partial charge < -0.3 is 15.1 Å². The van der Waals surface area contributed by atoms with Gasteiger partial charge in [-0.15, -0.1) is 0 Å². The molecule has 0 aliphatic carbocycles. The third kappa shape index (κ3) is 1.75. The first kappa shape index (κ1) is 12.1. The topological polar surface area (TPSA) is 101 Å². The average Bonchev–Trinajstić information content (AvgIpc) is 2.47. The van der Waals surface area contributed by atoms with E-state index in [1.165, 1.54) is 6.33 Å². The molecular formula is C14H9N4O2-. The number of fused-ring (bicyclic) bond motifs is 1. The van der Waals surface area contributed by atoms with E-state index < -0.39 is 5.92 Å². The van der Waals surface area contributed by atoms with E-state index in [9.17, 15) is 10.2 Å². The maximum Gasteiger partial charge on any atom is 0.258 e. The van der Waals surface area contributed by atoms with E-state index in [1.807, 2.05) is 24.1 Å². The van der Waals surface area contributed by atoms with Crippen molar-refractivity contribution in [3.05, 3.63) is 69.1 Å². The van der Waals surface area contributed by atoms with Crippen LogP contribution in [0.1, 0.15) is 17.0 Å². The molecule has 0 saturated carbocycles. The lowest BCUT2D eigenvalue weighted by atomic mass is 9.85. The quantitative estimate of drug-likeness (QED) is 0.762. The number of hydrogen-bond acceptors (Lipinski definition) is 4. The number of rotatable bonds is 1. The second-order valence-electron chi connectivity index (χ2n) is 4.25. The van der Waals surface area contributed by atoms with Gasteiger partial charge in [-0.2, -0.15) is 0 Å². The number of aromatic nitrogens is 2. The number of benzene rings is 1. The first-order valence-corrected chi connectivity index (χ1v) is 5.88. The maximum absolute atomic E-state index is 12.0. The number of nitrogens with one attached hydrogen (secondary N) is 2. The van der Waals surface area contributed by atoms with Gasteiger partial charge in [-0.25, -0.2) is 4.98 Å². The third-order valence-corrected chi connectivity index (χ3v) is 3.13. The molecule has 0 spiro atoms. The molecule has 2 heterocycles. The Kier molecular flexibility index (Phi) is 2.78. The van der Waals surface area contributed by atoms with Gasteiger partial charge in [0.25, 0.3) is 5.56 Å². The van der Waals surface area contributed by atoms with Gasteiger partial charge in [0.1, 0.15) is 0 Å². The minimum absolute atomic E-state index is 0.0756. The van der Waals surface area contributed by atoms with E-state index in [0.717, 1.165) is 5.56 Å². The summed E-state index contributed by atoms with van der Waals surface area (Å²) < 4.78 is 5.16. The Balaban J connectivity index is 2.33. The van der Waals surface area contributed by atoms with Gasteiger partial charge in [-0.1, -0.05) is 30.3 Å². The fourth-order valence-corrected chi connectivity index (χ4v) is 2.25. The predicted octanol–water partition coefficient (Wildman–Crippen LogP) is 1.44. The molecule has 0 bridgehead atoms. The first-order chi connectivity index (χ1) is 9.72. The Hall–Kier alpha value is -2.98. The van der Waals surface area contributed by atoms with Crippen molar-refractivity contribution in [3.63, 3.8) is 0 Å². The van der Waals surface area contributed by atoms with Crippen molar-refractivity contribution in [2.45, 2.75) is 5.92 Å². The van der Waals surface area contributed by atoms with Crippen LogP contribution in [-0.2, 0) is 0 Å². The van der Waals surface area contributed by atoms with Crippen molar-refractivity contribution in [3.8, 4) is 5.88 Å². The molecular weight excluding hydrogens is 256 g/mol. The van der Waals surface area contributed by atoms with Crippen LogP contribution in [0, 0.1) is 5.41 Å². The molecule has 20 heavy (non-hydrogen) atoms. The van der Waals surface area contributed by atoms with Crippen LogP contribution < -0.4 is 10.3 Å². The Labute approximate surface area is 113 Å². The van der Waals surface area contributed by atoms with E-state index in [0.29, 0.717) is 0 Å². The number of H-pyrrole nitrogens is 1. The van der Waals surface area contributed by atoms with Gasteiger partial charge in [0.15, 0.2) is 0 Å². The summed E-state index contributed by atoms with van der Waals surface area (Å²) in [6.45, 7) is 0. The van der Waals surface area contributed by atoms with Gasteiger partial charge in [0.2, 0.25) is 11.8 Å². The van der Waals surface area contributed by atoms with Crippen LogP contribution in [0.15, 0.2) is 47.0 Å². The van der Waals surface area contributed by atoms with Gasteiger partial charge >= 0.3 is 0 Å². The molecule has 1 aliphatic heterocycles. The first-order valence-electron chi connectivity index (χ1n) is 5.88. The molecule has 1 atom stereocenters. The van der Waals surface area contributed by atoms with Crippen LogP contribution in [0.5, 0.6) is 5.88 Å². The summed E-state index contributed by atoms with van der Waals surface area (Å²) >= 11 is 0. The lowest BCUT2D eigenvalue weighted by Gasteiger charge is -2.26. The number of ether oxygens (including phenoxy) is 1. The molecule has 3 rings (SSSR count). The zero-order chi connectivity index (χ0) is 14.1. The highest BCUT2D eigenvalue weighted by Gasteiger charge is 2.34. The van der Waals surface area contributed by atoms with Gasteiger partial charge in [-0.05, 0) is 5.56 Å². The highest BCUT2D eigenvalue weighted by Crippen LogP contribution is 2.37. The predicted molar refractivity (Wildman–Crippen MR) is 73.4 cm³/mol. The fraction of sp³-hybridized carbons (Fsp3) is 0.0714. The van der Waals surface area contributed by atoms with Crippen molar-refractivity contribution < 1.29 is 4.74 Å².